The number of rotatable bonds is 7. The Morgan fingerprint density at radius 2 is 1.74 bits per heavy atom. The van der Waals surface area contributed by atoms with Crippen molar-refractivity contribution in [2.75, 3.05) is 38.0 Å². The van der Waals surface area contributed by atoms with Crippen molar-refractivity contribution in [3.8, 4) is 11.5 Å². The van der Waals surface area contributed by atoms with Gasteiger partial charge >= 0.3 is 0 Å². The molecule has 3 aromatic carbocycles. The molecule has 0 bridgehead atoms. The molecule has 1 saturated heterocycles. The Balaban J connectivity index is 1.20. The number of nitrogens with zero attached hydrogens (tertiary/aromatic N) is 3. The van der Waals surface area contributed by atoms with Crippen molar-refractivity contribution < 1.29 is 23.1 Å². The summed E-state index contributed by atoms with van der Waals surface area (Å²) in [5, 5.41) is 10.7. The van der Waals surface area contributed by atoms with Crippen LogP contribution in [0.15, 0.2) is 83.9 Å². The van der Waals surface area contributed by atoms with Crippen LogP contribution in [-0.2, 0) is 16.6 Å². The highest BCUT2D eigenvalue weighted by Crippen LogP contribution is 2.27. The number of para-hydroxylation sites is 1. The highest BCUT2D eigenvalue weighted by molar-refractivity contribution is 7.93. The molecule has 0 aliphatic carbocycles. The van der Waals surface area contributed by atoms with Crippen molar-refractivity contribution in [3.63, 3.8) is 0 Å². The number of aromatic nitrogens is 1. The van der Waals surface area contributed by atoms with Gasteiger partial charge in [0.15, 0.2) is 11.5 Å². The van der Waals surface area contributed by atoms with E-state index >= 15 is 0 Å². The number of hydrogen-bond acceptors (Lipinski definition) is 7. The van der Waals surface area contributed by atoms with Gasteiger partial charge < -0.3 is 14.7 Å². The molecule has 196 valence electrons. The van der Waals surface area contributed by atoms with Crippen molar-refractivity contribution in [1.82, 2.24) is 14.8 Å². The van der Waals surface area contributed by atoms with Gasteiger partial charge in [-0.3, -0.25) is 19.4 Å². The van der Waals surface area contributed by atoms with Crippen LogP contribution in [0.5, 0.6) is 11.5 Å². The highest BCUT2D eigenvalue weighted by Gasteiger charge is 2.23. The number of piperazine rings is 1. The number of aromatic hydroxyl groups is 1. The molecule has 9 nitrogen and oxygen atoms in total. The maximum absolute atomic E-state index is 13.1. The molecule has 1 amide bonds. The van der Waals surface area contributed by atoms with Crippen LogP contribution < -0.4 is 9.46 Å². The fraction of sp³-hybridized carbons (Fsp3) is 0.214. The lowest BCUT2D eigenvalue weighted by Crippen LogP contribution is -2.48. The van der Waals surface area contributed by atoms with Crippen molar-refractivity contribution in [2.24, 2.45) is 0 Å². The number of phenols is 1. The Hall–Kier alpha value is -4.15. The number of carbonyl (C=O) groups is 1. The molecule has 1 aromatic heterocycles. The summed E-state index contributed by atoms with van der Waals surface area (Å²) in [7, 11) is -2.35. The van der Waals surface area contributed by atoms with E-state index in [9.17, 15) is 18.3 Å². The molecule has 38 heavy (non-hydrogen) atoms. The lowest BCUT2D eigenvalue weighted by atomic mass is 10.1. The van der Waals surface area contributed by atoms with Crippen molar-refractivity contribution >= 4 is 32.5 Å². The summed E-state index contributed by atoms with van der Waals surface area (Å²) in [6.07, 6.45) is 1.56. The van der Waals surface area contributed by atoms with Gasteiger partial charge in [-0.2, -0.15) is 0 Å². The van der Waals surface area contributed by atoms with Gasteiger partial charge in [0, 0.05) is 55.6 Å². The molecule has 0 radical (unpaired) electrons. The molecule has 1 aliphatic heterocycles. The molecular weight excluding hydrogens is 504 g/mol. The van der Waals surface area contributed by atoms with E-state index in [4.69, 9.17) is 4.74 Å². The fourth-order valence-corrected chi connectivity index (χ4v) is 5.81. The summed E-state index contributed by atoms with van der Waals surface area (Å²) in [6, 6.07) is 20.4. The predicted octanol–water partition coefficient (Wildman–Crippen LogP) is 3.71. The lowest BCUT2D eigenvalue weighted by molar-refractivity contribution is 0.0628. The zero-order valence-corrected chi connectivity index (χ0v) is 21.7. The zero-order valence-electron chi connectivity index (χ0n) is 20.9. The third kappa shape index (κ3) is 5.41. The number of sulfonamides is 1. The normalized spacial score (nSPS) is 14.4. The average molecular weight is 533 g/mol. The molecule has 0 unspecified atom stereocenters. The number of pyridine rings is 1. The van der Waals surface area contributed by atoms with Crippen LogP contribution in [0.4, 0.5) is 5.69 Å². The van der Waals surface area contributed by atoms with E-state index in [2.05, 4.69) is 14.6 Å². The second kappa shape index (κ2) is 10.7. The Bertz CT molecular complexity index is 1560. The van der Waals surface area contributed by atoms with E-state index < -0.39 is 10.0 Å². The third-order valence-electron chi connectivity index (χ3n) is 6.58. The summed E-state index contributed by atoms with van der Waals surface area (Å²) in [5.74, 6) is 0.450. The number of hydrogen-bond donors (Lipinski definition) is 2. The van der Waals surface area contributed by atoms with Crippen LogP contribution in [-0.4, -0.2) is 67.5 Å². The third-order valence-corrected chi connectivity index (χ3v) is 7.99. The van der Waals surface area contributed by atoms with Crippen LogP contribution in [0.3, 0.4) is 0 Å². The summed E-state index contributed by atoms with van der Waals surface area (Å²) < 4.78 is 33.8. The zero-order chi connectivity index (χ0) is 26.7. The van der Waals surface area contributed by atoms with Crippen LogP contribution in [0, 0.1) is 0 Å². The largest absolute Gasteiger partial charge is 0.504 e. The first kappa shape index (κ1) is 25.5. The molecule has 2 N–H and O–H groups in total. The smallest absolute Gasteiger partial charge is 0.264 e. The molecule has 10 heteroatoms. The van der Waals surface area contributed by atoms with Crippen molar-refractivity contribution in [1.29, 1.82) is 0 Å². The van der Waals surface area contributed by atoms with Crippen LogP contribution in [0.1, 0.15) is 15.9 Å². The first-order chi connectivity index (χ1) is 18.3. The summed E-state index contributed by atoms with van der Waals surface area (Å²) in [5.41, 5.74) is 2.23. The van der Waals surface area contributed by atoms with E-state index in [-0.39, 0.29) is 16.6 Å². The van der Waals surface area contributed by atoms with Gasteiger partial charge in [-0.25, -0.2) is 8.42 Å². The molecule has 5 rings (SSSR count). The molecule has 0 spiro atoms. The Kier molecular flexibility index (Phi) is 7.17. The number of nitrogens with one attached hydrogen (secondary N) is 1. The van der Waals surface area contributed by atoms with Crippen LogP contribution in [0.25, 0.3) is 10.9 Å². The number of ether oxygens (including phenoxy) is 1. The van der Waals surface area contributed by atoms with Gasteiger partial charge in [0.2, 0.25) is 0 Å². The van der Waals surface area contributed by atoms with Gasteiger partial charge in [0.05, 0.1) is 12.6 Å². The number of carbonyl (C=O) groups excluding carboxylic acids is 1. The number of fused-ring (bicyclic) bond motifs is 1. The highest BCUT2D eigenvalue weighted by atomic mass is 32.2. The number of benzene rings is 3. The maximum Gasteiger partial charge on any atom is 0.264 e. The van der Waals surface area contributed by atoms with E-state index in [1.807, 2.05) is 18.2 Å². The van der Waals surface area contributed by atoms with Gasteiger partial charge in [0.1, 0.15) is 4.90 Å². The van der Waals surface area contributed by atoms with Crippen LogP contribution in [0.2, 0.25) is 0 Å². The average Bonchev–Trinajstić information content (AvgIpc) is 2.93. The van der Waals surface area contributed by atoms with Gasteiger partial charge in [0.25, 0.3) is 15.9 Å². The monoisotopic (exact) mass is 532 g/mol. The predicted molar refractivity (Wildman–Crippen MR) is 145 cm³/mol. The molecule has 1 aliphatic rings. The number of methoxy groups -OCH3 is 1. The van der Waals surface area contributed by atoms with Gasteiger partial charge in [-0.15, -0.1) is 0 Å². The Morgan fingerprint density at radius 3 is 2.45 bits per heavy atom. The first-order valence-corrected chi connectivity index (χ1v) is 13.7. The van der Waals surface area contributed by atoms with E-state index in [1.54, 1.807) is 59.6 Å². The lowest BCUT2D eigenvalue weighted by Gasteiger charge is -2.34. The Labute approximate surface area is 221 Å². The standard InChI is InChI=1S/C28H28N4O5S/c1-37-25-12-7-20(18-24(25)33)19-31-14-16-32(17-15-31)28(34)22-8-10-23(11-9-22)30-38(35,36)26-6-2-4-21-5-3-13-29-27(21)26/h2-13,18,30,33H,14-17,19H2,1H3. The number of anilines is 1. The quantitative estimate of drug-likeness (QED) is 0.373. The number of amides is 1. The molecular formula is C28H28N4O5S. The molecule has 4 aromatic rings. The van der Waals surface area contributed by atoms with E-state index in [1.165, 1.54) is 13.2 Å². The van der Waals surface area contributed by atoms with Gasteiger partial charge in [-0.1, -0.05) is 24.3 Å². The maximum atomic E-state index is 13.1. The Morgan fingerprint density at radius 1 is 1.00 bits per heavy atom. The molecule has 1 fully saturated rings. The van der Waals surface area contributed by atoms with E-state index in [0.717, 1.165) is 10.9 Å². The SMILES string of the molecule is COc1ccc(CN2CCN(C(=O)c3ccc(NS(=O)(=O)c4cccc5cccnc45)cc3)CC2)cc1O. The van der Waals surface area contributed by atoms with Gasteiger partial charge in [-0.05, 0) is 54.1 Å². The summed E-state index contributed by atoms with van der Waals surface area (Å²) >= 11 is 0. The molecule has 0 saturated carbocycles. The van der Waals surface area contributed by atoms with Crippen molar-refractivity contribution in [2.45, 2.75) is 11.4 Å². The fourth-order valence-electron chi connectivity index (χ4n) is 4.57. The molecule has 0 atom stereocenters. The minimum atomic E-state index is -3.87. The molecule has 2 heterocycles. The van der Waals surface area contributed by atoms with Crippen molar-refractivity contribution in [3.05, 3.63) is 90.1 Å². The minimum Gasteiger partial charge on any atom is -0.504 e. The minimum absolute atomic E-state index is 0.0958. The van der Waals surface area contributed by atoms with Crippen LogP contribution >= 0.6 is 0 Å². The second-order valence-electron chi connectivity index (χ2n) is 9.09. The van der Waals surface area contributed by atoms with E-state index in [0.29, 0.717) is 55.2 Å². The number of phenolic OH excluding ortho intramolecular Hbond substituents is 1. The topological polar surface area (TPSA) is 112 Å². The summed E-state index contributed by atoms with van der Waals surface area (Å²) in [4.78, 5) is 21.4. The summed E-state index contributed by atoms with van der Waals surface area (Å²) in [6.45, 7) is 3.22. The second-order valence-corrected chi connectivity index (χ2v) is 10.7. The first-order valence-electron chi connectivity index (χ1n) is 12.2.